The molecule has 0 fully saturated rings. The van der Waals surface area contributed by atoms with Crippen molar-refractivity contribution >= 4 is 8.03 Å². The van der Waals surface area contributed by atoms with Crippen molar-refractivity contribution in [2.75, 3.05) is 14.2 Å². The van der Waals surface area contributed by atoms with Crippen LogP contribution in [0.3, 0.4) is 0 Å². The molecule has 0 aliphatic carbocycles. The Morgan fingerprint density at radius 3 is 1.71 bits per heavy atom. The largest absolute Gasteiger partial charge is 0.595 e. The van der Waals surface area contributed by atoms with Gasteiger partial charge in [-0.2, -0.15) is 0 Å². The van der Waals surface area contributed by atoms with Crippen LogP contribution in [0, 0.1) is 0 Å². The molecule has 5 heteroatoms. The van der Waals surface area contributed by atoms with Crippen LogP contribution in [0.4, 0.5) is 0 Å². The Bertz CT molecular complexity index is 195. The standard InChI is InChI=1S/C9H19O4P/c1-6-8(3,14(10)11)9(7-2,12-4)13-5/h6-7H2,1-5H3. The monoisotopic (exact) mass is 222 g/mol. The highest BCUT2D eigenvalue weighted by molar-refractivity contribution is 7.38. The zero-order valence-electron chi connectivity index (χ0n) is 9.49. The van der Waals surface area contributed by atoms with Crippen LogP contribution in [0.5, 0.6) is 0 Å². The molecule has 84 valence electrons. The summed E-state index contributed by atoms with van der Waals surface area (Å²) in [5.41, 5.74) is 0. The predicted molar refractivity (Wildman–Crippen MR) is 53.3 cm³/mol. The zero-order chi connectivity index (χ0) is 11.4. The van der Waals surface area contributed by atoms with Crippen LogP contribution >= 0.6 is 8.03 Å². The van der Waals surface area contributed by atoms with Crippen LogP contribution in [-0.4, -0.2) is 25.2 Å². The lowest BCUT2D eigenvalue weighted by Gasteiger charge is -2.39. The molecule has 0 saturated heterocycles. The summed E-state index contributed by atoms with van der Waals surface area (Å²) >= 11 is 0. The molecule has 0 bridgehead atoms. The van der Waals surface area contributed by atoms with Crippen LogP contribution in [0.25, 0.3) is 0 Å². The van der Waals surface area contributed by atoms with E-state index in [1.165, 1.54) is 14.2 Å². The minimum atomic E-state index is -2.60. The van der Waals surface area contributed by atoms with Gasteiger partial charge < -0.3 is 14.4 Å². The normalized spacial score (nSPS) is 17.7. The van der Waals surface area contributed by atoms with Crippen LogP contribution in [0.2, 0.25) is 0 Å². The molecule has 2 atom stereocenters. The molecule has 0 aromatic heterocycles. The molecule has 0 amide bonds. The molecule has 14 heavy (non-hydrogen) atoms. The fourth-order valence-corrected chi connectivity index (χ4v) is 2.61. The molecule has 0 saturated carbocycles. The minimum Gasteiger partial charge on any atom is -0.595 e. The Labute approximate surface area is 86.5 Å². The van der Waals surface area contributed by atoms with Crippen molar-refractivity contribution in [1.29, 1.82) is 0 Å². The highest BCUT2D eigenvalue weighted by atomic mass is 31.1. The smallest absolute Gasteiger partial charge is 0.320 e. The number of methoxy groups -OCH3 is 2. The van der Waals surface area contributed by atoms with E-state index in [0.717, 1.165) is 0 Å². The first kappa shape index (κ1) is 14.0. The number of hydrogen-bond donors (Lipinski definition) is 0. The van der Waals surface area contributed by atoms with E-state index in [9.17, 15) is 9.46 Å². The lowest BCUT2D eigenvalue weighted by Crippen LogP contribution is -2.53. The third-order valence-corrected chi connectivity index (χ3v) is 4.50. The maximum Gasteiger partial charge on any atom is 0.320 e. The summed E-state index contributed by atoms with van der Waals surface area (Å²) < 4.78 is 21.7. The third kappa shape index (κ3) is 1.98. The van der Waals surface area contributed by atoms with E-state index in [2.05, 4.69) is 0 Å². The molecule has 0 aromatic rings. The fourth-order valence-electron chi connectivity index (χ4n) is 1.73. The molecule has 0 heterocycles. The molecule has 0 N–H and O–H groups in total. The van der Waals surface area contributed by atoms with Gasteiger partial charge in [0, 0.05) is 20.6 Å². The van der Waals surface area contributed by atoms with Gasteiger partial charge in [0.1, 0.15) is 0 Å². The van der Waals surface area contributed by atoms with Gasteiger partial charge in [-0.15, -0.1) is 0 Å². The van der Waals surface area contributed by atoms with Crippen molar-refractivity contribution in [1.82, 2.24) is 0 Å². The van der Waals surface area contributed by atoms with E-state index < -0.39 is 19.0 Å². The first-order valence-corrected chi connectivity index (χ1v) is 5.86. The van der Waals surface area contributed by atoms with Gasteiger partial charge in [-0.1, -0.05) is 18.4 Å². The van der Waals surface area contributed by atoms with Gasteiger partial charge in [0.2, 0.25) is 10.9 Å². The van der Waals surface area contributed by atoms with Crippen LogP contribution in [0.15, 0.2) is 0 Å². The second-order valence-corrected chi connectivity index (χ2v) is 4.90. The van der Waals surface area contributed by atoms with Gasteiger partial charge in [0.25, 0.3) is 0 Å². The summed E-state index contributed by atoms with van der Waals surface area (Å²) in [4.78, 5) is 11.3. The summed E-state index contributed by atoms with van der Waals surface area (Å²) in [6.07, 6.45) is 0.953. The third-order valence-electron chi connectivity index (χ3n) is 3.04. The summed E-state index contributed by atoms with van der Waals surface area (Å²) in [6, 6.07) is 0. The molecular weight excluding hydrogens is 203 g/mol. The number of rotatable bonds is 6. The lowest BCUT2D eigenvalue weighted by atomic mass is 9.94. The average Bonchev–Trinajstić information content (AvgIpc) is 2.20. The van der Waals surface area contributed by atoms with Gasteiger partial charge >= 0.3 is 8.03 Å². The van der Waals surface area contributed by atoms with E-state index in [1.54, 1.807) is 6.92 Å². The second-order valence-electron chi connectivity index (χ2n) is 3.40. The molecule has 0 radical (unpaired) electrons. The van der Waals surface area contributed by atoms with Crippen LogP contribution in [0.1, 0.15) is 33.6 Å². The van der Waals surface area contributed by atoms with Crippen molar-refractivity contribution in [2.45, 2.75) is 44.6 Å². The first-order chi connectivity index (χ1) is 6.44. The van der Waals surface area contributed by atoms with Crippen molar-refractivity contribution in [3.05, 3.63) is 0 Å². The highest BCUT2D eigenvalue weighted by Gasteiger charge is 2.57. The van der Waals surface area contributed by atoms with E-state index >= 15 is 0 Å². The molecule has 0 aliphatic rings. The summed E-state index contributed by atoms with van der Waals surface area (Å²) in [7, 11) is 0.342. The van der Waals surface area contributed by atoms with Crippen molar-refractivity contribution < 1.29 is 18.9 Å². The molecule has 4 nitrogen and oxygen atoms in total. The molecule has 0 aliphatic heterocycles. The van der Waals surface area contributed by atoms with Gasteiger partial charge in [0.05, 0.1) is 0 Å². The maximum absolute atomic E-state index is 11.3. The average molecular weight is 222 g/mol. The first-order valence-electron chi connectivity index (χ1n) is 4.68. The summed E-state index contributed by atoms with van der Waals surface area (Å²) in [5.74, 6) is -1.04. The Hall–Kier alpha value is -0.0200. The quantitative estimate of drug-likeness (QED) is 0.506. The minimum absolute atomic E-state index is 0.460. The number of ether oxygens (including phenoxy) is 2. The zero-order valence-corrected chi connectivity index (χ0v) is 10.4. The SMILES string of the molecule is CCC(OC)(OC)C(C)(CC)[P+](=O)[O-]. The summed E-state index contributed by atoms with van der Waals surface area (Å²) in [5, 5.41) is -0.986. The van der Waals surface area contributed by atoms with E-state index in [-0.39, 0.29) is 0 Å². The maximum atomic E-state index is 11.3. The Kier molecular flexibility index (Phi) is 5.16. The van der Waals surface area contributed by atoms with Crippen molar-refractivity contribution in [3.8, 4) is 0 Å². The molecule has 0 spiro atoms. The van der Waals surface area contributed by atoms with Crippen molar-refractivity contribution in [2.24, 2.45) is 0 Å². The van der Waals surface area contributed by atoms with Gasteiger partial charge in [-0.05, 0) is 13.3 Å². The molecule has 0 rings (SSSR count). The van der Waals surface area contributed by atoms with Gasteiger partial charge in [-0.3, -0.25) is 0 Å². The Morgan fingerprint density at radius 1 is 1.21 bits per heavy atom. The number of hydrogen-bond acceptors (Lipinski definition) is 4. The Balaban J connectivity index is 5.22. The summed E-state index contributed by atoms with van der Waals surface area (Å²) in [6.45, 7) is 5.31. The fraction of sp³-hybridized carbons (Fsp3) is 1.00. The van der Waals surface area contributed by atoms with Crippen molar-refractivity contribution in [3.63, 3.8) is 0 Å². The molecule has 2 unspecified atom stereocenters. The lowest BCUT2D eigenvalue weighted by molar-refractivity contribution is -0.245. The van der Waals surface area contributed by atoms with E-state index in [0.29, 0.717) is 12.8 Å². The van der Waals surface area contributed by atoms with E-state index in [1.807, 2.05) is 13.8 Å². The predicted octanol–water partition coefficient (Wildman–Crippen LogP) is 1.66. The molecule has 0 aromatic carbocycles. The van der Waals surface area contributed by atoms with Gasteiger partial charge in [0.15, 0.2) is 0 Å². The van der Waals surface area contributed by atoms with Crippen LogP contribution < -0.4 is 4.89 Å². The van der Waals surface area contributed by atoms with Crippen LogP contribution in [-0.2, 0) is 14.0 Å². The topological polar surface area (TPSA) is 58.6 Å². The van der Waals surface area contributed by atoms with Gasteiger partial charge in [-0.25, -0.2) is 0 Å². The Morgan fingerprint density at radius 2 is 1.64 bits per heavy atom. The van der Waals surface area contributed by atoms with E-state index in [4.69, 9.17) is 9.47 Å². The second kappa shape index (κ2) is 5.17. The highest BCUT2D eigenvalue weighted by Crippen LogP contribution is 2.47. The molecular formula is C9H19O4P.